The van der Waals surface area contributed by atoms with E-state index in [1.165, 1.54) is 9.77 Å². The van der Waals surface area contributed by atoms with Gasteiger partial charge in [0.05, 0.1) is 10.3 Å². The highest BCUT2D eigenvalue weighted by molar-refractivity contribution is 8.01. The van der Waals surface area contributed by atoms with Crippen LogP contribution >= 0.6 is 23.1 Å². The number of amides is 1. The summed E-state index contributed by atoms with van der Waals surface area (Å²) < 4.78 is 1.40. The molecule has 1 aliphatic rings. The van der Waals surface area contributed by atoms with Crippen LogP contribution in [0.4, 0.5) is 0 Å². The van der Waals surface area contributed by atoms with E-state index in [4.69, 9.17) is 0 Å². The van der Waals surface area contributed by atoms with Crippen LogP contribution in [0.15, 0.2) is 15.7 Å². The van der Waals surface area contributed by atoms with Crippen molar-refractivity contribution < 1.29 is 4.79 Å². The van der Waals surface area contributed by atoms with Crippen molar-refractivity contribution >= 4 is 29.0 Å². The van der Waals surface area contributed by atoms with Crippen molar-refractivity contribution in [1.29, 1.82) is 0 Å². The van der Waals surface area contributed by atoms with Crippen LogP contribution in [-0.2, 0) is 4.79 Å². The number of rotatable bonds is 4. The van der Waals surface area contributed by atoms with Crippen LogP contribution in [0, 0.1) is 0 Å². The highest BCUT2D eigenvalue weighted by atomic mass is 32.2. The molecule has 2 heterocycles. The number of carbonyl (C=O) groups excluding carboxylic acids is 1. The standard InChI is InChI=1S/C14H22N2OS2/c1-8(2)15-13(17)10(4)16-12-7-9(3)19-14-11(12)5-6-18-14/h5-6,8-10,12,16H,7H2,1-4H3,(H,15,17)/t9-,10?,12?/m0/s1. The zero-order valence-corrected chi connectivity index (χ0v) is 13.5. The maximum absolute atomic E-state index is 12.0. The lowest BCUT2D eigenvalue weighted by molar-refractivity contribution is -0.123. The van der Waals surface area contributed by atoms with Crippen LogP contribution in [0.5, 0.6) is 0 Å². The first-order chi connectivity index (χ1) is 8.97. The maximum Gasteiger partial charge on any atom is 0.237 e. The third-order valence-electron chi connectivity index (χ3n) is 3.19. The van der Waals surface area contributed by atoms with Crippen LogP contribution < -0.4 is 10.6 Å². The minimum atomic E-state index is -0.157. The van der Waals surface area contributed by atoms with Crippen molar-refractivity contribution in [2.75, 3.05) is 0 Å². The molecule has 3 nitrogen and oxygen atoms in total. The minimum Gasteiger partial charge on any atom is -0.353 e. The molecule has 1 aromatic heterocycles. The molecule has 0 saturated heterocycles. The number of fused-ring (bicyclic) bond motifs is 1. The van der Waals surface area contributed by atoms with Gasteiger partial charge in [-0.3, -0.25) is 10.1 Å². The van der Waals surface area contributed by atoms with Gasteiger partial charge in [0.2, 0.25) is 5.91 Å². The van der Waals surface area contributed by atoms with Crippen molar-refractivity contribution in [3.05, 3.63) is 17.0 Å². The SMILES string of the molecule is CC(C)NC(=O)C(C)NC1C[C@H](C)Sc2sccc21. The van der Waals surface area contributed by atoms with Crippen molar-refractivity contribution in [1.82, 2.24) is 10.6 Å². The summed E-state index contributed by atoms with van der Waals surface area (Å²) in [6, 6.07) is 2.51. The molecule has 0 fully saturated rings. The van der Waals surface area contributed by atoms with Crippen molar-refractivity contribution in [3.8, 4) is 0 Å². The molecule has 19 heavy (non-hydrogen) atoms. The lowest BCUT2D eigenvalue weighted by atomic mass is 10.0. The summed E-state index contributed by atoms with van der Waals surface area (Å²) in [6.45, 7) is 8.17. The fourth-order valence-electron chi connectivity index (χ4n) is 2.29. The average Bonchev–Trinajstić information content (AvgIpc) is 2.75. The predicted molar refractivity (Wildman–Crippen MR) is 82.9 cm³/mol. The third kappa shape index (κ3) is 3.74. The topological polar surface area (TPSA) is 41.1 Å². The molecule has 0 saturated carbocycles. The Morgan fingerprint density at radius 3 is 2.84 bits per heavy atom. The van der Waals surface area contributed by atoms with Crippen molar-refractivity contribution in [2.24, 2.45) is 0 Å². The fourth-order valence-corrected chi connectivity index (χ4v) is 4.86. The smallest absolute Gasteiger partial charge is 0.237 e. The number of thioether (sulfide) groups is 1. The molecule has 0 radical (unpaired) electrons. The highest BCUT2D eigenvalue weighted by Crippen LogP contribution is 2.43. The zero-order chi connectivity index (χ0) is 14.0. The van der Waals surface area contributed by atoms with Crippen LogP contribution in [-0.4, -0.2) is 23.2 Å². The molecule has 1 aromatic rings. The molecule has 0 bridgehead atoms. The Bertz CT molecular complexity index is 444. The van der Waals surface area contributed by atoms with Gasteiger partial charge in [-0.1, -0.05) is 6.92 Å². The van der Waals surface area contributed by atoms with E-state index in [-0.39, 0.29) is 18.0 Å². The molecule has 1 aliphatic heterocycles. The average molecular weight is 298 g/mol. The summed E-state index contributed by atoms with van der Waals surface area (Å²) in [4.78, 5) is 12.0. The lowest BCUT2D eigenvalue weighted by Gasteiger charge is -2.30. The Morgan fingerprint density at radius 1 is 1.42 bits per heavy atom. The molecule has 2 unspecified atom stereocenters. The van der Waals surface area contributed by atoms with Gasteiger partial charge in [0.15, 0.2) is 0 Å². The second-order valence-electron chi connectivity index (χ2n) is 5.43. The zero-order valence-electron chi connectivity index (χ0n) is 11.9. The van der Waals surface area contributed by atoms with Gasteiger partial charge in [-0.05, 0) is 44.2 Å². The summed E-state index contributed by atoms with van der Waals surface area (Å²) in [5.41, 5.74) is 1.36. The van der Waals surface area contributed by atoms with E-state index in [9.17, 15) is 4.79 Å². The lowest BCUT2D eigenvalue weighted by Crippen LogP contribution is -2.46. The van der Waals surface area contributed by atoms with E-state index in [0.29, 0.717) is 11.3 Å². The maximum atomic E-state index is 12.0. The van der Waals surface area contributed by atoms with E-state index in [1.807, 2.05) is 32.5 Å². The van der Waals surface area contributed by atoms with Crippen LogP contribution in [0.25, 0.3) is 0 Å². The molecular weight excluding hydrogens is 276 g/mol. The summed E-state index contributed by atoms with van der Waals surface area (Å²) >= 11 is 3.75. The number of carbonyl (C=O) groups is 1. The van der Waals surface area contributed by atoms with Gasteiger partial charge in [-0.15, -0.1) is 23.1 Å². The van der Waals surface area contributed by atoms with Crippen molar-refractivity contribution in [2.45, 2.75) is 61.7 Å². The fraction of sp³-hybridized carbons (Fsp3) is 0.643. The van der Waals surface area contributed by atoms with Gasteiger partial charge in [0.1, 0.15) is 0 Å². The van der Waals surface area contributed by atoms with Gasteiger partial charge < -0.3 is 5.32 Å². The number of nitrogens with one attached hydrogen (secondary N) is 2. The van der Waals surface area contributed by atoms with E-state index >= 15 is 0 Å². The van der Waals surface area contributed by atoms with E-state index < -0.39 is 0 Å². The first kappa shape index (κ1) is 14.9. The predicted octanol–water partition coefficient (Wildman–Crippen LogP) is 3.18. The summed E-state index contributed by atoms with van der Waals surface area (Å²) in [7, 11) is 0. The molecule has 0 spiro atoms. The van der Waals surface area contributed by atoms with Crippen LogP contribution in [0.3, 0.4) is 0 Å². The molecule has 0 aliphatic carbocycles. The highest BCUT2D eigenvalue weighted by Gasteiger charge is 2.28. The molecule has 5 heteroatoms. The summed E-state index contributed by atoms with van der Waals surface area (Å²) in [5, 5.41) is 9.18. The monoisotopic (exact) mass is 298 g/mol. The van der Waals surface area contributed by atoms with Gasteiger partial charge in [0, 0.05) is 17.3 Å². The Labute approximate surface area is 123 Å². The molecule has 3 atom stereocenters. The quantitative estimate of drug-likeness (QED) is 0.897. The molecule has 2 N–H and O–H groups in total. The number of thiophene rings is 1. The van der Waals surface area contributed by atoms with Crippen LogP contribution in [0.2, 0.25) is 0 Å². The number of hydrogen-bond acceptors (Lipinski definition) is 4. The Hall–Kier alpha value is -0.520. The van der Waals surface area contributed by atoms with E-state index in [0.717, 1.165) is 6.42 Å². The first-order valence-corrected chi connectivity index (χ1v) is 8.53. The normalized spacial score (nSPS) is 24.1. The molecular formula is C14H22N2OS2. The van der Waals surface area contributed by atoms with Crippen LogP contribution in [0.1, 0.15) is 45.7 Å². The van der Waals surface area contributed by atoms with Crippen molar-refractivity contribution in [3.63, 3.8) is 0 Å². The Kier molecular flexibility index (Phi) is 4.92. The molecule has 106 valence electrons. The van der Waals surface area contributed by atoms with Gasteiger partial charge in [-0.25, -0.2) is 0 Å². The third-order valence-corrected chi connectivity index (χ3v) is 5.53. The van der Waals surface area contributed by atoms with E-state index in [2.05, 4.69) is 29.0 Å². The van der Waals surface area contributed by atoms with E-state index in [1.54, 1.807) is 11.3 Å². The molecule has 2 rings (SSSR count). The first-order valence-electron chi connectivity index (χ1n) is 6.78. The Balaban J connectivity index is 2.02. The van der Waals surface area contributed by atoms with Gasteiger partial charge in [-0.2, -0.15) is 0 Å². The largest absolute Gasteiger partial charge is 0.353 e. The Morgan fingerprint density at radius 2 is 2.16 bits per heavy atom. The van der Waals surface area contributed by atoms with Gasteiger partial charge in [0.25, 0.3) is 0 Å². The molecule has 1 amide bonds. The summed E-state index contributed by atoms with van der Waals surface area (Å²) in [5.74, 6) is 0.0812. The second-order valence-corrected chi connectivity index (χ2v) is 8.06. The summed E-state index contributed by atoms with van der Waals surface area (Å²) in [6.07, 6.45) is 1.08. The minimum absolute atomic E-state index is 0.0812. The van der Waals surface area contributed by atoms with Gasteiger partial charge >= 0.3 is 0 Å². The molecule has 0 aromatic carbocycles. The second kappa shape index (κ2) is 6.29. The number of hydrogen-bond donors (Lipinski definition) is 2.